The lowest BCUT2D eigenvalue weighted by Crippen LogP contribution is -2.29. The van der Waals surface area contributed by atoms with E-state index >= 15 is 0 Å². The van der Waals surface area contributed by atoms with Crippen molar-refractivity contribution in [3.05, 3.63) is 0 Å². The second-order valence-corrected chi connectivity index (χ2v) is 4.82. The number of aliphatic carboxylic acids is 1. The fourth-order valence-corrected chi connectivity index (χ4v) is 2.05. The Hall–Kier alpha value is -0.420. The normalized spacial score (nSPS) is 17.8. The van der Waals surface area contributed by atoms with Crippen LogP contribution in [0.4, 0.5) is 0 Å². The van der Waals surface area contributed by atoms with E-state index in [9.17, 15) is 9.00 Å². The molecule has 78 valence electrons. The largest absolute Gasteiger partial charge is 0.481 e. The van der Waals surface area contributed by atoms with E-state index in [1.165, 1.54) is 7.11 Å². The molecule has 0 rings (SSSR count). The summed E-state index contributed by atoms with van der Waals surface area (Å²) in [4.78, 5) is 10.6. The molecule has 0 amide bonds. The van der Waals surface area contributed by atoms with Crippen LogP contribution in [0.5, 0.6) is 0 Å². The first-order valence-corrected chi connectivity index (χ1v) is 5.47. The molecule has 3 atom stereocenters. The summed E-state index contributed by atoms with van der Waals surface area (Å²) >= 11 is 0. The molecule has 5 heteroatoms. The van der Waals surface area contributed by atoms with Gasteiger partial charge in [-0.1, -0.05) is 6.92 Å². The minimum atomic E-state index is -1.12. The summed E-state index contributed by atoms with van der Waals surface area (Å²) < 4.78 is 16.2. The van der Waals surface area contributed by atoms with E-state index in [0.717, 1.165) is 0 Å². The van der Waals surface area contributed by atoms with Crippen LogP contribution in [0.25, 0.3) is 0 Å². The highest BCUT2D eigenvalue weighted by Gasteiger charge is 2.23. The molecular weight excluding hydrogens is 192 g/mol. The van der Waals surface area contributed by atoms with Gasteiger partial charge < -0.3 is 9.84 Å². The molecule has 13 heavy (non-hydrogen) atoms. The van der Waals surface area contributed by atoms with Gasteiger partial charge in [0.05, 0.1) is 12.5 Å². The second-order valence-electron chi connectivity index (χ2n) is 2.91. The molecule has 4 nitrogen and oxygen atoms in total. The summed E-state index contributed by atoms with van der Waals surface area (Å²) in [7, 11) is 0.409. The van der Waals surface area contributed by atoms with Crippen LogP contribution in [0.3, 0.4) is 0 Å². The predicted octanol–water partition coefficient (Wildman–Crippen LogP) is 0.491. The standard InChI is InChI=1S/C8H16O4S/c1-6(8(9)10)7(2)13(11)5-4-12-3/h6-7H,4-5H2,1-3H3,(H,9,10). The fourth-order valence-electron chi connectivity index (χ4n) is 0.780. The number of carbonyl (C=O) groups is 1. The maximum Gasteiger partial charge on any atom is 0.307 e. The van der Waals surface area contributed by atoms with Crippen LogP contribution in [0, 0.1) is 5.92 Å². The van der Waals surface area contributed by atoms with Gasteiger partial charge in [-0.2, -0.15) is 0 Å². The van der Waals surface area contributed by atoms with E-state index in [4.69, 9.17) is 9.84 Å². The van der Waals surface area contributed by atoms with Crippen molar-refractivity contribution in [1.82, 2.24) is 0 Å². The Morgan fingerprint density at radius 3 is 2.46 bits per heavy atom. The molecule has 0 aromatic rings. The number of hydrogen-bond acceptors (Lipinski definition) is 3. The molecule has 0 aliphatic carbocycles. The summed E-state index contributed by atoms with van der Waals surface area (Å²) in [6, 6.07) is 0. The monoisotopic (exact) mass is 208 g/mol. The smallest absolute Gasteiger partial charge is 0.307 e. The Morgan fingerprint density at radius 1 is 1.54 bits per heavy atom. The number of rotatable bonds is 6. The molecule has 0 spiro atoms. The van der Waals surface area contributed by atoms with E-state index in [2.05, 4.69) is 0 Å². The van der Waals surface area contributed by atoms with Gasteiger partial charge in [-0.05, 0) is 6.92 Å². The number of carboxylic acid groups (broad SMARTS) is 1. The van der Waals surface area contributed by atoms with Crippen molar-refractivity contribution in [2.45, 2.75) is 19.1 Å². The van der Waals surface area contributed by atoms with Crippen LogP contribution in [0.15, 0.2) is 0 Å². The summed E-state index contributed by atoms with van der Waals surface area (Å²) in [5, 5.41) is 8.33. The summed E-state index contributed by atoms with van der Waals surface area (Å²) in [5.41, 5.74) is 0. The molecule has 3 unspecified atom stereocenters. The molecule has 0 aliphatic rings. The van der Waals surface area contributed by atoms with Crippen molar-refractivity contribution < 1.29 is 18.8 Å². The Kier molecular flexibility index (Phi) is 5.90. The number of hydrogen-bond donors (Lipinski definition) is 1. The van der Waals surface area contributed by atoms with Crippen molar-refractivity contribution in [1.29, 1.82) is 0 Å². The molecule has 0 saturated carbocycles. The third-order valence-electron chi connectivity index (χ3n) is 2.00. The second kappa shape index (κ2) is 6.10. The van der Waals surface area contributed by atoms with E-state index in [1.54, 1.807) is 13.8 Å². The van der Waals surface area contributed by atoms with Crippen LogP contribution in [-0.4, -0.2) is 40.0 Å². The van der Waals surface area contributed by atoms with E-state index in [0.29, 0.717) is 12.4 Å². The van der Waals surface area contributed by atoms with Gasteiger partial charge >= 0.3 is 5.97 Å². The van der Waals surface area contributed by atoms with E-state index in [-0.39, 0.29) is 5.25 Å². The highest BCUT2D eigenvalue weighted by atomic mass is 32.2. The van der Waals surface area contributed by atoms with Crippen LogP contribution in [0.2, 0.25) is 0 Å². The highest BCUT2D eigenvalue weighted by Crippen LogP contribution is 2.09. The molecule has 0 heterocycles. The zero-order valence-electron chi connectivity index (χ0n) is 8.15. The Morgan fingerprint density at radius 2 is 2.08 bits per heavy atom. The number of carboxylic acids is 1. The minimum absolute atomic E-state index is 0.326. The molecule has 0 saturated heterocycles. The van der Waals surface area contributed by atoms with E-state index < -0.39 is 22.7 Å². The molecule has 0 aromatic carbocycles. The zero-order chi connectivity index (χ0) is 10.4. The van der Waals surface area contributed by atoms with Crippen molar-refractivity contribution in [2.75, 3.05) is 19.5 Å². The average Bonchev–Trinajstić information content (AvgIpc) is 2.11. The minimum Gasteiger partial charge on any atom is -0.481 e. The first-order chi connectivity index (χ1) is 6.00. The van der Waals surface area contributed by atoms with Crippen LogP contribution in [-0.2, 0) is 20.3 Å². The maximum absolute atomic E-state index is 11.4. The fraction of sp³-hybridized carbons (Fsp3) is 0.875. The van der Waals surface area contributed by atoms with Crippen molar-refractivity contribution in [3.63, 3.8) is 0 Å². The van der Waals surface area contributed by atoms with Crippen LogP contribution in [0.1, 0.15) is 13.8 Å². The third-order valence-corrected chi connectivity index (χ3v) is 3.80. The molecule has 0 fully saturated rings. The Labute approximate surface area is 80.7 Å². The zero-order valence-corrected chi connectivity index (χ0v) is 8.97. The van der Waals surface area contributed by atoms with Gasteiger partial charge in [-0.15, -0.1) is 0 Å². The first kappa shape index (κ1) is 12.6. The first-order valence-electron chi connectivity index (χ1n) is 4.09. The Balaban J connectivity index is 4.01. The lowest BCUT2D eigenvalue weighted by Gasteiger charge is -2.14. The van der Waals surface area contributed by atoms with Gasteiger partial charge in [0.15, 0.2) is 0 Å². The average molecular weight is 208 g/mol. The maximum atomic E-state index is 11.4. The molecule has 0 aromatic heterocycles. The summed E-state index contributed by atoms with van der Waals surface area (Å²) in [6.07, 6.45) is 0. The van der Waals surface area contributed by atoms with Gasteiger partial charge in [0.2, 0.25) is 0 Å². The summed E-state index contributed by atoms with van der Waals surface area (Å²) in [6.45, 7) is 3.66. The topological polar surface area (TPSA) is 63.6 Å². The quantitative estimate of drug-likeness (QED) is 0.690. The lowest BCUT2D eigenvalue weighted by molar-refractivity contribution is -0.141. The molecule has 0 radical (unpaired) electrons. The van der Waals surface area contributed by atoms with Gasteiger partial charge in [-0.3, -0.25) is 9.00 Å². The number of ether oxygens (including phenoxy) is 1. The summed E-state index contributed by atoms with van der Waals surface area (Å²) in [5.74, 6) is -1.08. The van der Waals surface area contributed by atoms with Gasteiger partial charge in [-0.25, -0.2) is 0 Å². The molecule has 0 bridgehead atoms. The SMILES string of the molecule is COCCS(=O)C(C)C(C)C(=O)O. The number of methoxy groups -OCH3 is 1. The molecular formula is C8H16O4S. The third kappa shape index (κ3) is 4.38. The predicted molar refractivity (Wildman–Crippen MR) is 51.1 cm³/mol. The molecule has 1 N–H and O–H groups in total. The van der Waals surface area contributed by atoms with Crippen LogP contribution >= 0.6 is 0 Å². The van der Waals surface area contributed by atoms with Crippen molar-refractivity contribution in [3.8, 4) is 0 Å². The van der Waals surface area contributed by atoms with E-state index in [1.807, 2.05) is 0 Å². The van der Waals surface area contributed by atoms with Gasteiger partial charge in [0.1, 0.15) is 0 Å². The highest BCUT2D eigenvalue weighted by molar-refractivity contribution is 7.85. The molecule has 0 aliphatic heterocycles. The van der Waals surface area contributed by atoms with Crippen molar-refractivity contribution in [2.24, 2.45) is 5.92 Å². The lowest BCUT2D eigenvalue weighted by atomic mass is 10.1. The van der Waals surface area contributed by atoms with Crippen molar-refractivity contribution >= 4 is 16.8 Å². The van der Waals surface area contributed by atoms with Gasteiger partial charge in [0, 0.05) is 28.9 Å². The van der Waals surface area contributed by atoms with Gasteiger partial charge in [0.25, 0.3) is 0 Å². The van der Waals surface area contributed by atoms with Crippen LogP contribution < -0.4 is 0 Å². The Bertz CT molecular complexity index is 193.